The summed E-state index contributed by atoms with van der Waals surface area (Å²) < 4.78 is 7.48. The maximum Gasteiger partial charge on any atom is 0.317 e. The van der Waals surface area contributed by atoms with E-state index in [9.17, 15) is 4.79 Å². The number of aromatic nitrogens is 2. The Bertz CT molecular complexity index is 568. The van der Waals surface area contributed by atoms with Gasteiger partial charge in [0, 0.05) is 38.5 Å². The smallest absolute Gasteiger partial charge is 0.317 e. The fourth-order valence-electron chi connectivity index (χ4n) is 4.01. The SMILES string of the molecule is Cc1cc(C)n([C@H](C)CNC(=O)N2CCC3(CCOCC3)CC2)n1. The first-order valence-electron chi connectivity index (χ1n) is 9.12. The Balaban J connectivity index is 1.47. The Morgan fingerprint density at radius 3 is 2.54 bits per heavy atom. The number of rotatable bonds is 3. The third-order valence-electron chi connectivity index (χ3n) is 5.68. The van der Waals surface area contributed by atoms with E-state index in [1.807, 2.05) is 16.5 Å². The van der Waals surface area contributed by atoms with Gasteiger partial charge in [-0.15, -0.1) is 0 Å². The average molecular weight is 334 g/mol. The van der Waals surface area contributed by atoms with Crippen LogP contribution in [0.2, 0.25) is 0 Å². The first kappa shape index (κ1) is 17.3. The molecule has 1 aromatic rings. The van der Waals surface area contributed by atoms with Crippen LogP contribution in [0.15, 0.2) is 6.07 Å². The number of likely N-dealkylation sites (tertiary alicyclic amines) is 1. The molecule has 24 heavy (non-hydrogen) atoms. The summed E-state index contributed by atoms with van der Waals surface area (Å²) in [5.74, 6) is 0. The van der Waals surface area contributed by atoms with Crippen LogP contribution in [0.4, 0.5) is 4.79 Å². The van der Waals surface area contributed by atoms with E-state index >= 15 is 0 Å². The summed E-state index contributed by atoms with van der Waals surface area (Å²) in [4.78, 5) is 14.4. The van der Waals surface area contributed by atoms with Crippen LogP contribution in [-0.4, -0.2) is 53.6 Å². The van der Waals surface area contributed by atoms with Gasteiger partial charge in [-0.1, -0.05) is 0 Å². The van der Waals surface area contributed by atoms with Crippen molar-refractivity contribution in [3.8, 4) is 0 Å². The number of hydrogen-bond donors (Lipinski definition) is 1. The number of carbonyl (C=O) groups excluding carboxylic acids is 1. The molecule has 0 aliphatic carbocycles. The third-order valence-corrected chi connectivity index (χ3v) is 5.68. The Morgan fingerprint density at radius 2 is 1.96 bits per heavy atom. The van der Waals surface area contributed by atoms with Gasteiger partial charge in [0.05, 0.1) is 11.7 Å². The van der Waals surface area contributed by atoms with E-state index in [4.69, 9.17) is 4.74 Å². The van der Waals surface area contributed by atoms with Crippen molar-refractivity contribution in [3.05, 3.63) is 17.5 Å². The van der Waals surface area contributed by atoms with Gasteiger partial charge in [-0.2, -0.15) is 5.10 Å². The Hall–Kier alpha value is -1.56. The van der Waals surface area contributed by atoms with Crippen molar-refractivity contribution in [2.75, 3.05) is 32.8 Å². The molecule has 0 unspecified atom stereocenters. The zero-order valence-corrected chi connectivity index (χ0v) is 15.2. The highest BCUT2D eigenvalue weighted by Crippen LogP contribution is 2.40. The number of urea groups is 1. The second kappa shape index (κ2) is 7.13. The molecule has 2 aliphatic heterocycles. The number of carbonyl (C=O) groups is 1. The van der Waals surface area contributed by atoms with Crippen molar-refractivity contribution in [1.29, 1.82) is 0 Å². The summed E-state index contributed by atoms with van der Waals surface area (Å²) in [5, 5.41) is 7.58. The van der Waals surface area contributed by atoms with Crippen LogP contribution in [0.3, 0.4) is 0 Å². The quantitative estimate of drug-likeness (QED) is 0.924. The molecule has 134 valence electrons. The van der Waals surface area contributed by atoms with Crippen LogP contribution in [0.1, 0.15) is 50.0 Å². The average Bonchev–Trinajstić information content (AvgIpc) is 2.92. The van der Waals surface area contributed by atoms with Crippen LogP contribution >= 0.6 is 0 Å². The number of hydrogen-bond acceptors (Lipinski definition) is 3. The van der Waals surface area contributed by atoms with Crippen molar-refractivity contribution >= 4 is 6.03 Å². The number of amides is 2. The van der Waals surface area contributed by atoms with Gasteiger partial charge in [-0.05, 0) is 57.9 Å². The first-order valence-corrected chi connectivity index (χ1v) is 9.12. The predicted octanol–water partition coefficient (Wildman–Crippen LogP) is 2.66. The maximum atomic E-state index is 12.5. The minimum absolute atomic E-state index is 0.0605. The molecule has 0 saturated carbocycles. The Labute approximate surface area is 144 Å². The molecule has 1 aromatic heterocycles. The zero-order valence-electron chi connectivity index (χ0n) is 15.2. The summed E-state index contributed by atoms with van der Waals surface area (Å²) in [6.07, 6.45) is 4.52. The molecule has 2 fully saturated rings. The van der Waals surface area contributed by atoms with Gasteiger partial charge in [-0.3, -0.25) is 4.68 Å². The molecular weight excluding hydrogens is 304 g/mol. The van der Waals surface area contributed by atoms with E-state index in [1.54, 1.807) is 0 Å². The molecule has 3 rings (SSSR count). The fraction of sp³-hybridized carbons (Fsp3) is 0.778. The normalized spacial score (nSPS) is 21.7. The second-order valence-corrected chi connectivity index (χ2v) is 7.51. The van der Waals surface area contributed by atoms with Crippen LogP contribution < -0.4 is 5.32 Å². The van der Waals surface area contributed by atoms with Gasteiger partial charge in [0.2, 0.25) is 0 Å². The highest BCUT2D eigenvalue weighted by molar-refractivity contribution is 5.74. The van der Waals surface area contributed by atoms with E-state index in [2.05, 4.69) is 30.3 Å². The van der Waals surface area contributed by atoms with Gasteiger partial charge in [0.1, 0.15) is 0 Å². The molecule has 0 aromatic carbocycles. The highest BCUT2D eigenvalue weighted by atomic mass is 16.5. The number of nitrogens with zero attached hydrogens (tertiary/aromatic N) is 3. The van der Waals surface area contributed by atoms with E-state index in [0.29, 0.717) is 12.0 Å². The summed E-state index contributed by atoms with van der Waals surface area (Å²) in [5.41, 5.74) is 2.57. The van der Waals surface area contributed by atoms with E-state index < -0.39 is 0 Å². The minimum Gasteiger partial charge on any atom is -0.381 e. The summed E-state index contributed by atoms with van der Waals surface area (Å²) in [6.45, 7) is 10.2. The third kappa shape index (κ3) is 3.74. The van der Waals surface area contributed by atoms with E-state index in [0.717, 1.165) is 63.4 Å². The topological polar surface area (TPSA) is 59.4 Å². The first-order chi connectivity index (χ1) is 11.5. The van der Waals surface area contributed by atoms with Gasteiger partial charge in [0.25, 0.3) is 0 Å². The molecular formula is C18H30N4O2. The Kier molecular flexibility index (Phi) is 5.13. The number of nitrogens with one attached hydrogen (secondary N) is 1. The number of ether oxygens (including phenoxy) is 1. The fourth-order valence-corrected chi connectivity index (χ4v) is 4.01. The molecule has 3 heterocycles. The van der Waals surface area contributed by atoms with E-state index in [-0.39, 0.29) is 12.1 Å². The summed E-state index contributed by atoms with van der Waals surface area (Å²) in [6, 6.07) is 2.29. The molecule has 1 N–H and O–H groups in total. The lowest BCUT2D eigenvalue weighted by Crippen LogP contribution is -2.49. The molecule has 2 amide bonds. The molecule has 6 heteroatoms. The molecule has 1 spiro atoms. The van der Waals surface area contributed by atoms with Crippen molar-refractivity contribution in [2.24, 2.45) is 5.41 Å². The van der Waals surface area contributed by atoms with Gasteiger partial charge >= 0.3 is 6.03 Å². The highest BCUT2D eigenvalue weighted by Gasteiger charge is 2.37. The number of aryl methyl sites for hydroxylation is 2. The van der Waals surface area contributed by atoms with Crippen molar-refractivity contribution in [3.63, 3.8) is 0 Å². The zero-order chi connectivity index (χ0) is 17.2. The van der Waals surface area contributed by atoms with Crippen molar-refractivity contribution < 1.29 is 9.53 Å². The molecule has 0 radical (unpaired) electrons. The molecule has 1 atom stereocenters. The predicted molar refractivity (Wildman–Crippen MR) is 93.1 cm³/mol. The van der Waals surface area contributed by atoms with Gasteiger partial charge in [-0.25, -0.2) is 4.79 Å². The summed E-state index contributed by atoms with van der Waals surface area (Å²) >= 11 is 0. The summed E-state index contributed by atoms with van der Waals surface area (Å²) in [7, 11) is 0. The van der Waals surface area contributed by atoms with Crippen molar-refractivity contribution in [2.45, 2.75) is 52.5 Å². The van der Waals surface area contributed by atoms with Crippen molar-refractivity contribution in [1.82, 2.24) is 20.0 Å². The second-order valence-electron chi connectivity index (χ2n) is 7.51. The van der Waals surface area contributed by atoms with Crippen LogP contribution in [0.25, 0.3) is 0 Å². The molecule has 2 aliphatic rings. The van der Waals surface area contributed by atoms with Gasteiger partial charge < -0.3 is 15.0 Å². The standard InChI is InChI=1S/C18H30N4O2/c1-14-12-15(2)22(20-14)16(3)13-19-17(23)21-8-4-18(5-9-21)6-10-24-11-7-18/h12,16H,4-11,13H2,1-3H3,(H,19,23)/t16-/m1/s1. The monoisotopic (exact) mass is 334 g/mol. The minimum atomic E-state index is 0.0605. The largest absolute Gasteiger partial charge is 0.381 e. The lowest BCUT2D eigenvalue weighted by atomic mass is 9.72. The molecule has 0 bridgehead atoms. The van der Waals surface area contributed by atoms with Crippen LogP contribution in [0.5, 0.6) is 0 Å². The Morgan fingerprint density at radius 1 is 1.29 bits per heavy atom. The number of piperidine rings is 1. The van der Waals surface area contributed by atoms with Crippen LogP contribution in [0, 0.1) is 19.3 Å². The lowest BCUT2D eigenvalue weighted by molar-refractivity contribution is -0.0145. The van der Waals surface area contributed by atoms with E-state index in [1.165, 1.54) is 0 Å². The van der Waals surface area contributed by atoms with Crippen LogP contribution in [-0.2, 0) is 4.74 Å². The molecule has 2 saturated heterocycles. The molecule has 6 nitrogen and oxygen atoms in total. The maximum absolute atomic E-state index is 12.5. The van der Waals surface area contributed by atoms with Gasteiger partial charge in [0.15, 0.2) is 0 Å². The lowest BCUT2D eigenvalue weighted by Gasteiger charge is -2.44.